The van der Waals surface area contributed by atoms with Crippen LogP contribution in [0.5, 0.6) is 11.5 Å². The molecule has 2 aromatic heterocycles. The molecule has 3 heterocycles. The molecular formula is C28H36N6O5. The summed E-state index contributed by atoms with van der Waals surface area (Å²) in [6.07, 6.45) is 3.16. The number of carbonyl (C=O) groups is 2. The minimum absolute atomic E-state index is 0.0178. The average molecular weight is 537 g/mol. The zero-order valence-corrected chi connectivity index (χ0v) is 22.8. The fraction of sp³-hybridized carbons (Fsp3) is 0.429. The fourth-order valence-electron chi connectivity index (χ4n) is 4.44. The van der Waals surface area contributed by atoms with Crippen LogP contribution in [0.2, 0.25) is 0 Å². The Morgan fingerprint density at radius 2 is 1.87 bits per heavy atom. The second kappa shape index (κ2) is 13.5. The number of rotatable bonds is 10. The molecular weight excluding hydrogens is 500 g/mol. The van der Waals surface area contributed by atoms with E-state index >= 15 is 0 Å². The minimum atomic E-state index is -0.275. The molecule has 0 bridgehead atoms. The maximum Gasteiger partial charge on any atom is 0.318 e. The lowest BCUT2D eigenvalue weighted by molar-refractivity contribution is -0.131. The van der Waals surface area contributed by atoms with Gasteiger partial charge in [-0.3, -0.25) is 4.79 Å². The van der Waals surface area contributed by atoms with Crippen molar-refractivity contribution in [3.8, 4) is 22.8 Å². The number of benzene rings is 1. The van der Waals surface area contributed by atoms with Gasteiger partial charge in [-0.1, -0.05) is 6.92 Å². The number of nitrogens with zero attached hydrogens (tertiary/aromatic N) is 5. The van der Waals surface area contributed by atoms with Crippen LogP contribution in [0.4, 0.5) is 10.6 Å². The minimum Gasteiger partial charge on any atom is -0.493 e. The number of hydrogen-bond acceptors (Lipinski definition) is 8. The highest BCUT2D eigenvalue weighted by atomic mass is 16.5. The second-order valence-corrected chi connectivity index (χ2v) is 9.24. The second-order valence-electron chi connectivity index (χ2n) is 9.24. The molecule has 39 heavy (non-hydrogen) atoms. The monoisotopic (exact) mass is 536 g/mol. The average Bonchev–Trinajstić information content (AvgIpc) is 3.36. The zero-order valence-electron chi connectivity index (χ0n) is 22.8. The molecule has 0 saturated carbocycles. The molecule has 4 rings (SSSR count). The lowest BCUT2D eigenvalue weighted by Gasteiger charge is -2.26. The van der Waals surface area contributed by atoms with Crippen LogP contribution in [0, 0.1) is 0 Å². The van der Waals surface area contributed by atoms with Crippen LogP contribution in [0.1, 0.15) is 25.5 Å². The molecule has 3 aromatic rings. The Bertz CT molecular complexity index is 1220. The van der Waals surface area contributed by atoms with Crippen molar-refractivity contribution in [3.63, 3.8) is 0 Å². The first-order valence-corrected chi connectivity index (χ1v) is 13.2. The summed E-state index contributed by atoms with van der Waals surface area (Å²) in [5, 5.41) is 11.7. The Hall–Kier alpha value is -4.28. The van der Waals surface area contributed by atoms with Gasteiger partial charge in [0.05, 0.1) is 32.7 Å². The van der Waals surface area contributed by atoms with Gasteiger partial charge in [0.25, 0.3) is 0 Å². The van der Waals surface area contributed by atoms with E-state index in [0.29, 0.717) is 43.4 Å². The molecule has 1 aliphatic heterocycles. The van der Waals surface area contributed by atoms with Crippen LogP contribution in [0.25, 0.3) is 11.3 Å². The van der Waals surface area contributed by atoms with Crippen LogP contribution in [-0.4, -0.2) is 85.4 Å². The zero-order chi connectivity index (χ0) is 27.6. The number of furan rings is 1. The topological polar surface area (TPSA) is 113 Å². The molecule has 11 nitrogen and oxygen atoms in total. The van der Waals surface area contributed by atoms with Crippen molar-refractivity contribution in [2.24, 2.45) is 0 Å². The van der Waals surface area contributed by atoms with Crippen LogP contribution >= 0.6 is 0 Å². The highest BCUT2D eigenvalue weighted by Crippen LogP contribution is 2.31. The molecule has 3 amide bonds. The first-order chi connectivity index (χ1) is 19.0. The lowest BCUT2D eigenvalue weighted by atomic mass is 10.1. The summed E-state index contributed by atoms with van der Waals surface area (Å²) in [7, 11) is 3.20. The van der Waals surface area contributed by atoms with Gasteiger partial charge in [-0.2, -0.15) is 0 Å². The largest absolute Gasteiger partial charge is 0.493 e. The van der Waals surface area contributed by atoms with Crippen molar-refractivity contribution in [1.82, 2.24) is 25.3 Å². The molecule has 1 fully saturated rings. The summed E-state index contributed by atoms with van der Waals surface area (Å²) < 4.78 is 16.1. The van der Waals surface area contributed by atoms with Gasteiger partial charge in [0.15, 0.2) is 17.3 Å². The molecule has 1 N–H and O–H groups in total. The van der Waals surface area contributed by atoms with E-state index in [-0.39, 0.29) is 25.0 Å². The molecule has 0 aliphatic carbocycles. The lowest BCUT2D eigenvalue weighted by Crippen LogP contribution is -2.47. The molecule has 0 unspecified atom stereocenters. The standard InChI is InChI=1S/C28H36N6O5/c1-4-12-29-28(36)34(19-22-7-5-17-39-22)20-27(35)33-14-6-13-32(15-16-33)26-11-9-23(30-31-26)21-8-10-24(37-2)25(18-21)38-3/h5,7-11,17-18H,4,6,12-16,19-20H2,1-3H3,(H,29,36). The Labute approximate surface area is 228 Å². The molecule has 0 atom stereocenters. The fourth-order valence-corrected chi connectivity index (χ4v) is 4.44. The maximum absolute atomic E-state index is 13.2. The Morgan fingerprint density at radius 1 is 1.03 bits per heavy atom. The van der Waals surface area contributed by atoms with Crippen LogP contribution in [-0.2, 0) is 11.3 Å². The van der Waals surface area contributed by atoms with Gasteiger partial charge in [-0.15, -0.1) is 10.2 Å². The summed E-state index contributed by atoms with van der Waals surface area (Å²) in [5.74, 6) is 2.58. The first kappa shape index (κ1) is 27.7. The number of anilines is 1. The van der Waals surface area contributed by atoms with E-state index in [9.17, 15) is 9.59 Å². The van der Waals surface area contributed by atoms with E-state index in [1.807, 2.05) is 42.2 Å². The SMILES string of the molecule is CCCNC(=O)N(CC(=O)N1CCCN(c2ccc(-c3ccc(OC)c(OC)c3)nn2)CC1)Cc1ccco1. The van der Waals surface area contributed by atoms with E-state index in [0.717, 1.165) is 36.5 Å². The van der Waals surface area contributed by atoms with E-state index < -0.39 is 0 Å². The van der Waals surface area contributed by atoms with Gasteiger partial charge in [-0.05, 0) is 55.3 Å². The number of methoxy groups -OCH3 is 2. The Kier molecular flexibility index (Phi) is 9.60. The van der Waals surface area contributed by atoms with Gasteiger partial charge < -0.3 is 33.9 Å². The Balaban J connectivity index is 1.37. The number of ether oxygens (including phenoxy) is 2. The van der Waals surface area contributed by atoms with Gasteiger partial charge >= 0.3 is 6.03 Å². The van der Waals surface area contributed by atoms with Gasteiger partial charge in [-0.25, -0.2) is 4.79 Å². The third-order valence-electron chi connectivity index (χ3n) is 6.57. The molecule has 1 aliphatic rings. The van der Waals surface area contributed by atoms with Gasteiger partial charge in [0.1, 0.15) is 12.3 Å². The summed E-state index contributed by atoms with van der Waals surface area (Å²) in [6, 6.07) is 12.8. The molecule has 1 aromatic carbocycles. The van der Waals surface area contributed by atoms with E-state index in [1.165, 1.54) is 4.90 Å². The summed E-state index contributed by atoms with van der Waals surface area (Å²) in [6.45, 7) is 5.26. The van der Waals surface area contributed by atoms with Gasteiger partial charge in [0, 0.05) is 38.3 Å². The third-order valence-corrected chi connectivity index (χ3v) is 6.57. The molecule has 1 saturated heterocycles. The number of amides is 3. The van der Waals surface area contributed by atoms with Crippen molar-refractivity contribution in [3.05, 3.63) is 54.5 Å². The van der Waals surface area contributed by atoms with Crippen molar-refractivity contribution in [2.45, 2.75) is 26.3 Å². The van der Waals surface area contributed by atoms with E-state index in [4.69, 9.17) is 13.9 Å². The summed E-state index contributed by atoms with van der Waals surface area (Å²) >= 11 is 0. The highest BCUT2D eigenvalue weighted by Gasteiger charge is 2.25. The van der Waals surface area contributed by atoms with Crippen LogP contribution in [0.3, 0.4) is 0 Å². The quantitative estimate of drug-likeness (QED) is 0.420. The van der Waals surface area contributed by atoms with Crippen molar-refractivity contribution >= 4 is 17.8 Å². The van der Waals surface area contributed by atoms with E-state index in [1.54, 1.807) is 32.6 Å². The predicted molar refractivity (Wildman–Crippen MR) is 147 cm³/mol. The first-order valence-electron chi connectivity index (χ1n) is 13.2. The Morgan fingerprint density at radius 3 is 2.56 bits per heavy atom. The third kappa shape index (κ3) is 7.18. The summed E-state index contributed by atoms with van der Waals surface area (Å²) in [4.78, 5) is 31.4. The highest BCUT2D eigenvalue weighted by molar-refractivity contribution is 5.84. The predicted octanol–water partition coefficient (Wildman–Crippen LogP) is 3.41. The van der Waals surface area contributed by atoms with Crippen LogP contribution in [0.15, 0.2) is 53.1 Å². The van der Waals surface area contributed by atoms with Gasteiger partial charge in [0.2, 0.25) is 5.91 Å². The normalized spacial score (nSPS) is 13.5. The number of carbonyl (C=O) groups excluding carboxylic acids is 2. The molecule has 0 radical (unpaired) electrons. The van der Waals surface area contributed by atoms with Crippen molar-refractivity contribution in [1.29, 1.82) is 0 Å². The number of urea groups is 1. The van der Waals surface area contributed by atoms with E-state index in [2.05, 4.69) is 20.4 Å². The summed E-state index contributed by atoms with van der Waals surface area (Å²) in [5.41, 5.74) is 1.60. The molecule has 208 valence electrons. The molecule has 0 spiro atoms. The van der Waals surface area contributed by atoms with Crippen LogP contribution < -0.4 is 19.7 Å². The van der Waals surface area contributed by atoms with Crippen molar-refractivity contribution < 1.29 is 23.5 Å². The van der Waals surface area contributed by atoms with Crippen molar-refractivity contribution in [2.75, 3.05) is 58.4 Å². The number of nitrogens with one attached hydrogen (secondary N) is 1. The maximum atomic E-state index is 13.2. The number of aromatic nitrogens is 2. The smallest absolute Gasteiger partial charge is 0.318 e. The number of hydrogen-bond donors (Lipinski definition) is 1. The molecule has 11 heteroatoms.